The van der Waals surface area contributed by atoms with Gasteiger partial charge in [0.05, 0.1) is 6.61 Å². The normalized spacial score (nSPS) is 12.5. The molecule has 1 unspecified atom stereocenters. The third kappa shape index (κ3) is 3.24. The van der Waals surface area contributed by atoms with Crippen LogP contribution < -0.4 is 10.5 Å². The highest BCUT2D eigenvalue weighted by molar-refractivity contribution is 5.37. The molecule has 2 N–H and O–H groups in total. The zero-order valence-corrected chi connectivity index (χ0v) is 10.6. The van der Waals surface area contributed by atoms with Crippen molar-refractivity contribution in [3.05, 3.63) is 29.3 Å². The van der Waals surface area contributed by atoms with E-state index in [1.807, 2.05) is 6.92 Å². The highest BCUT2D eigenvalue weighted by Crippen LogP contribution is 2.27. The van der Waals surface area contributed by atoms with Gasteiger partial charge in [-0.05, 0) is 56.3 Å². The highest BCUT2D eigenvalue weighted by Gasteiger charge is 2.10. The lowest BCUT2D eigenvalue weighted by atomic mass is 9.92. The van der Waals surface area contributed by atoms with Crippen LogP contribution in [0.5, 0.6) is 5.75 Å². The van der Waals surface area contributed by atoms with Crippen molar-refractivity contribution in [1.29, 1.82) is 0 Å². The summed E-state index contributed by atoms with van der Waals surface area (Å²) in [6.45, 7) is 7.80. The molecule has 2 heteroatoms. The first-order valence-electron chi connectivity index (χ1n) is 6.16. The van der Waals surface area contributed by atoms with Gasteiger partial charge < -0.3 is 10.5 Å². The van der Waals surface area contributed by atoms with Gasteiger partial charge in [0.2, 0.25) is 0 Å². The SMILES string of the molecule is CCOc1ccc(C(CC)CCN)cc1C. The van der Waals surface area contributed by atoms with E-state index in [2.05, 4.69) is 32.0 Å². The van der Waals surface area contributed by atoms with E-state index in [1.54, 1.807) is 0 Å². The fourth-order valence-electron chi connectivity index (χ4n) is 2.05. The number of hydrogen-bond acceptors (Lipinski definition) is 2. The third-order valence-electron chi connectivity index (χ3n) is 2.98. The number of nitrogens with two attached hydrogens (primary N) is 1. The van der Waals surface area contributed by atoms with Crippen molar-refractivity contribution in [3.63, 3.8) is 0 Å². The Balaban J connectivity index is 2.85. The molecule has 0 aromatic heterocycles. The van der Waals surface area contributed by atoms with Gasteiger partial charge in [-0.1, -0.05) is 19.1 Å². The Hall–Kier alpha value is -1.02. The van der Waals surface area contributed by atoms with Crippen LogP contribution in [-0.2, 0) is 0 Å². The summed E-state index contributed by atoms with van der Waals surface area (Å²) in [5, 5.41) is 0. The van der Waals surface area contributed by atoms with Gasteiger partial charge in [0, 0.05) is 0 Å². The lowest BCUT2D eigenvalue weighted by molar-refractivity contribution is 0.337. The van der Waals surface area contributed by atoms with Crippen molar-refractivity contribution in [3.8, 4) is 5.75 Å². The average molecular weight is 221 g/mol. The molecule has 0 fully saturated rings. The van der Waals surface area contributed by atoms with E-state index in [4.69, 9.17) is 10.5 Å². The van der Waals surface area contributed by atoms with E-state index in [0.29, 0.717) is 5.92 Å². The van der Waals surface area contributed by atoms with Gasteiger partial charge in [-0.25, -0.2) is 0 Å². The molecule has 0 saturated carbocycles. The molecule has 16 heavy (non-hydrogen) atoms. The fourth-order valence-corrected chi connectivity index (χ4v) is 2.05. The van der Waals surface area contributed by atoms with Gasteiger partial charge in [0.15, 0.2) is 0 Å². The molecule has 0 aliphatic rings. The Kier molecular flexibility index (Phi) is 5.33. The predicted octanol–water partition coefficient (Wildman–Crippen LogP) is 3.24. The van der Waals surface area contributed by atoms with Crippen LogP contribution in [0.1, 0.15) is 43.7 Å². The van der Waals surface area contributed by atoms with Gasteiger partial charge in [-0.15, -0.1) is 0 Å². The summed E-state index contributed by atoms with van der Waals surface area (Å²) in [5.74, 6) is 1.58. The summed E-state index contributed by atoms with van der Waals surface area (Å²) < 4.78 is 5.54. The maximum Gasteiger partial charge on any atom is 0.122 e. The number of benzene rings is 1. The minimum absolute atomic E-state index is 0.583. The number of hydrogen-bond donors (Lipinski definition) is 1. The molecular formula is C14H23NO. The van der Waals surface area contributed by atoms with Crippen LogP contribution in [0.2, 0.25) is 0 Å². The Morgan fingerprint density at radius 3 is 2.56 bits per heavy atom. The van der Waals surface area contributed by atoms with Crippen LogP contribution in [0, 0.1) is 6.92 Å². The molecule has 0 bridgehead atoms. The molecule has 0 saturated heterocycles. The fraction of sp³-hybridized carbons (Fsp3) is 0.571. The van der Waals surface area contributed by atoms with E-state index < -0.39 is 0 Å². The summed E-state index contributed by atoms with van der Waals surface area (Å²) in [7, 11) is 0. The first-order valence-corrected chi connectivity index (χ1v) is 6.16. The maximum absolute atomic E-state index is 5.63. The quantitative estimate of drug-likeness (QED) is 0.800. The molecule has 0 heterocycles. The topological polar surface area (TPSA) is 35.2 Å². The number of rotatable bonds is 6. The van der Waals surface area contributed by atoms with Crippen LogP contribution in [0.4, 0.5) is 0 Å². The zero-order chi connectivity index (χ0) is 12.0. The standard InChI is InChI=1S/C14H23NO/c1-4-12(8-9-15)13-6-7-14(16-5-2)11(3)10-13/h6-7,10,12H,4-5,8-9,15H2,1-3H3. The minimum Gasteiger partial charge on any atom is -0.494 e. The Labute approximate surface area is 98.8 Å². The molecule has 1 rings (SSSR count). The van der Waals surface area contributed by atoms with E-state index in [0.717, 1.165) is 31.7 Å². The van der Waals surface area contributed by atoms with Crippen LogP contribution in [0.15, 0.2) is 18.2 Å². The molecule has 90 valence electrons. The van der Waals surface area contributed by atoms with Gasteiger partial charge in [-0.3, -0.25) is 0 Å². The second-order valence-electron chi connectivity index (χ2n) is 4.14. The zero-order valence-electron chi connectivity index (χ0n) is 10.6. The Morgan fingerprint density at radius 2 is 2.06 bits per heavy atom. The lowest BCUT2D eigenvalue weighted by Crippen LogP contribution is -2.07. The largest absolute Gasteiger partial charge is 0.494 e. The lowest BCUT2D eigenvalue weighted by Gasteiger charge is -2.16. The van der Waals surface area contributed by atoms with Crippen molar-refractivity contribution in [2.45, 2.75) is 39.5 Å². The second-order valence-corrected chi connectivity index (χ2v) is 4.14. The number of aryl methyl sites for hydroxylation is 1. The van der Waals surface area contributed by atoms with Gasteiger partial charge in [0.1, 0.15) is 5.75 Å². The molecule has 1 aromatic carbocycles. The van der Waals surface area contributed by atoms with Crippen LogP contribution in [0.25, 0.3) is 0 Å². The monoisotopic (exact) mass is 221 g/mol. The molecule has 0 aliphatic heterocycles. The molecule has 0 aliphatic carbocycles. The van der Waals surface area contributed by atoms with E-state index in [1.165, 1.54) is 11.1 Å². The van der Waals surface area contributed by atoms with Crippen molar-refractivity contribution in [2.75, 3.05) is 13.2 Å². The first kappa shape index (κ1) is 13.0. The van der Waals surface area contributed by atoms with E-state index in [-0.39, 0.29) is 0 Å². The molecule has 2 nitrogen and oxygen atoms in total. The summed E-state index contributed by atoms with van der Waals surface area (Å²) in [4.78, 5) is 0. The molecule has 0 radical (unpaired) electrons. The molecule has 0 spiro atoms. The molecule has 0 amide bonds. The molecule has 1 aromatic rings. The van der Waals surface area contributed by atoms with Gasteiger partial charge >= 0.3 is 0 Å². The second kappa shape index (κ2) is 6.54. The Morgan fingerprint density at radius 1 is 1.31 bits per heavy atom. The summed E-state index contributed by atoms with van der Waals surface area (Å²) >= 11 is 0. The maximum atomic E-state index is 5.63. The Bertz CT molecular complexity index is 323. The summed E-state index contributed by atoms with van der Waals surface area (Å²) in [6, 6.07) is 6.48. The summed E-state index contributed by atoms with van der Waals surface area (Å²) in [6.07, 6.45) is 2.20. The minimum atomic E-state index is 0.583. The van der Waals surface area contributed by atoms with E-state index >= 15 is 0 Å². The average Bonchev–Trinajstić information content (AvgIpc) is 2.29. The van der Waals surface area contributed by atoms with Gasteiger partial charge in [0.25, 0.3) is 0 Å². The van der Waals surface area contributed by atoms with Crippen LogP contribution in [-0.4, -0.2) is 13.2 Å². The van der Waals surface area contributed by atoms with E-state index in [9.17, 15) is 0 Å². The third-order valence-corrected chi connectivity index (χ3v) is 2.98. The predicted molar refractivity (Wildman–Crippen MR) is 69.1 cm³/mol. The summed E-state index contributed by atoms with van der Waals surface area (Å²) in [5.41, 5.74) is 8.23. The molecule has 1 atom stereocenters. The first-order chi connectivity index (χ1) is 7.72. The smallest absolute Gasteiger partial charge is 0.122 e. The molecular weight excluding hydrogens is 198 g/mol. The van der Waals surface area contributed by atoms with Crippen molar-refractivity contribution in [1.82, 2.24) is 0 Å². The van der Waals surface area contributed by atoms with Gasteiger partial charge in [-0.2, -0.15) is 0 Å². The van der Waals surface area contributed by atoms with Crippen LogP contribution in [0.3, 0.4) is 0 Å². The highest BCUT2D eigenvalue weighted by atomic mass is 16.5. The number of ether oxygens (including phenoxy) is 1. The van der Waals surface area contributed by atoms with Crippen LogP contribution >= 0.6 is 0 Å². The van der Waals surface area contributed by atoms with Crippen molar-refractivity contribution >= 4 is 0 Å². The van der Waals surface area contributed by atoms with Crippen molar-refractivity contribution < 1.29 is 4.74 Å². The van der Waals surface area contributed by atoms with Crippen molar-refractivity contribution in [2.24, 2.45) is 5.73 Å².